The Bertz CT molecular complexity index is 510. The normalized spacial score (nSPS) is 27.1. The van der Waals surface area contributed by atoms with Crippen LogP contribution in [0, 0.1) is 0 Å². The zero-order valence-corrected chi connectivity index (χ0v) is 13.5. The van der Waals surface area contributed by atoms with Crippen LogP contribution >= 0.6 is 0 Å². The van der Waals surface area contributed by atoms with Crippen LogP contribution in [0.25, 0.3) is 0 Å². The van der Waals surface area contributed by atoms with Gasteiger partial charge in [-0.2, -0.15) is 0 Å². The van der Waals surface area contributed by atoms with Gasteiger partial charge < -0.3 is 9.47 Å². The van der Waals surface area contributed by atoms with Crippen LogP contribution in [0.3, 0.4) is 0 Å². The molecule has 1 saturated carbocycles. The molecule has 0 unspecified atom stereocenters. The van der Waals surface area contributed by atoms with E-state index in [4.69, 9.17) is 9.47 Å². The lowest BCUT2D eigenvalue weighted by Crippen LogP contribution is -2.52. The number of carbonyl (C=O) groups is 1. The summed E-state index contributed by atoms with van der Waals surface area (Å²) in [5.41, 5.74) is 0.650. The maximum atomic E-state index is 12.5. The van der Waals surface area contributed by atoms with E-state index >= 15 is 0 Å². The number of carbonyl (C=O) groups excluding carboxylic acids is 1. The molecule has 4 heteroatoms. The van der Waals surface area contributed by atoms with E-state index in [-0.39, 0.29) is 18.2 Å². The molecule has 120 valence electrons. The molecule has 4 nitrogen and oxygen atoms in total. The van der Waals surface area contributed by atoms with E-state index in [9.17, 15) is 4.79 Å². The Labute approximate surface area is 132 Å². The first-order valence-corrected chi connectivity index (χ1v) is 8.37. The van der Waals surface area contributed by atoms with Gasteiger partial charge in [-0.1, -0.05) is 36.8 Å². The summed E-state index contributed by atoms with van der Waals surface area (Å²) in [5.74, 6) is 0. The smallest absolute Gasteiger partial charge is 0.412 e. The van der Waals surface area contributed by atoms with Gasteiger partial charge in [0.05, 0.1) is 12.6 Å². The van der Waals surface area contributed by atoms with Crippen LogP contribution in [-0.2, 0) is 9.47 Å². The van der Waals surface area contributed by atoms with Gasteiger partial charge >= 0.3 is 6.09 Å². The van der Waals surface area contributed by atoms with Gasteiger partial charge in [0, 0.05) is 0 Å². The number of nitrogens with zero attached hydrogens (tertiary/aromatic N) is 1. The van der Waals surface area contributed by atoms with Crippen molar-refractivity contribution in [2.45, 2.75) is 63.8 Å². The lowest BCUT2D eigenvalue weighted by Gasteiger charge is -2.40. The molecule has 1 aromatic carbocycles. The molecule has 2 fully saturated rings. The molecule has 22 heavy (non-hydrogen) atoms. The minimum absolute atomic E-state index is 0.0143. The van der Waals surface area contributed by atoms with E-state index in [1.165, 1.54) is 6.42 Å². The van der Waals surface area contributed by atoms with Crippen LogP contribution < -0.4 is 0 Å². The van der Waals surface area contributed by atoms with Crippen molar-refractivity contribution in [1.29, 1.82) is 0 Å². The highest BCUT2D eigenvalue weighted by molar-refractivity contribution is 5.69. The van der Waals surface area contributed by atoms with E-state index in [1.807, 2.05) is 30.0 Å². The Hall–Kier alpha value is -1.55. The summed E-state index contributed by atoms with van der Waals surface area (Å²) >= 11 is 0. The third-order valence-electron chi connectivity index (χ3n) is 4.86. The molecule has 1 spiro atoms. The highest BCUT2D eigenvalue weighted by Gasteiger charge is 2.54. The average Bonchev–Trinajstić information content (AvgIpc) is 2.81. The van der Waals surface area contributed by atoms with Crippen LogP contribution in [0.2, 0.25) is 0 Å². The van der Waals surface area contributed by atoms with E-state index < -0.39 is 5.72 Å². The number of hydrogen-bond donors (Lipinski definition) is 0. The standard InChI is InChI=1S/C18H25NO3/c1-3-21-17(20)19-14(2)16(15-10-6-4-7-11-15)22-18(19)12-8-5-9-13-18/h4,6-7,10-11,14,16H,3,5,8-9,12-13H2,1-2H3/t14-,16-/m1/s1. The predicted molar refractivity (Wildman–Crippen MR) is 84.4 cm³/mol. The first-order chi connectivity index (χ1) is 10.7. The monoisotopic (exact) mass is 303 g/mol. The van der Waals surface area contributed by atoms with Gasteiger partial charge in [0.25, 0.3) is 0 Å². The SMILES string of the molecule is CCOC(=O)N1[C@H](C)[C@H](c2ccccc2)OC12CCCCC2. The first-order valence-electron chi connectivity index (χ1n) is 8.37. The fraction of sp³-hybridized carbons (Fsp3) is 0.611. The van der Waals surface area contributed by atoms with E-state index in [1.54, 1.807) is 0 Å². The van der Waals surface area contributed by atoms with Crippen LogP contribution in [0.1, 0.15) is 57.6 Å². The molecule has 1 aliphatic carbocycles. The van der Waals surface area contributed by atoms with Crippen LogP contribution in [0.5, 0.6) is 0 Å². The lowest BCUT2D eigenvalue weighted by atomic mass is 9.90. The topological polar surface area (TPSA) is 38.8 Å². The van der Waals surface area contributed by atoms with Crippen molar-refractivity contribution in [1.82, 2.24) is 4.90 Å². The molecule has 2 atom stereocenters. The van der Waals surface area contributed by atoms with Gasteiger partial charge in [-0.25, -0.2) is 4.79 Å². The van der Waals surface area contributed by atoms with Gasteiger partial charge in [0.1, 0.15) is 11.8 Å². The van der Waals surface area contributed by atoms with Crippen molar-refractivity contribution in [3.05, 3.63) is 35.9 Å². The summed E-state index contributed by atoms with van der Waals surface area (Å²) in [5, 5.41) is 0. The van der Waals surface area contributed by atoms with Gasteiger partial charge in [-0.3, -0.25) is 4.90 Å². The van der Waals surface area contributed by atoms with Crippen molar-refractivity contribution < 1.29 is 14.3 Å². The van der Waals surface area contributed by atoms with Crippen molar-refractivity contribution in [2.75, 3.05) is 6.61 Å². The number of hydrogen-bond acceptors (Lipinski definition) is 3. The second kappa shape index (κ2) is 6.29. The quantitative estimate of drug-likeness (QED) is 0.819. The summed E-state index contributed by atoms with van der Waals surface area (Å²) < 4.78 is 11.8. The van der Waals surface area contributed by atoms with E-state index in [0.717, 1.165) is 31.2 Å². The van der Waals surface area contributed by atoms with Crippen molar-refractivity contribution in [3.63, 3.8) is 0 Å². The molecule has 1 heterocycles. The van der Waals surface area contributed by atoms with Crippen LogP contribution in [-0.4, -0.2) is 29.4 Å². The molecule has 1 saturated heterocycles. The molecule has 1 aliphatic heterocycles. The minimum atomic E-state index is -0.482. The molecule has 1 amide bonds. The summed E-state index contributed by atoms with van der Waals surface area (Å²) in [7, 11) is 0. The largest absolute Gasteiger partial charge is 0.450 e. The Morgan fingerprint density at radius 1 is 1.27 bits per heavy atom. The summed E-state index contributed by atoms with van der Waals surface area (Å²) in [6.45, 7) is 4.31. The Morgan fingerprint density at radius 3 is 2.59 bits per heavy atom. The minimum Gasteiger partial charge on any atom is -0.450 e. The highest BCUT2D eigenvalue weighted by atomic mass is 16.6. The summed E-state index contributed by atoms with van der Waals surface area (Å²) in [6, 6.07) is 10.2. The van der Waals surface area contributed by atoms with Gasteiger partial charge in [0.2, 0.25) is 0 Å². The fourth-order valence-corrected chi connectivity index (χ4v) is 3.88. The fourth-order valence-electron chi connectivity index (χ4n) is 3.88. The number of rotatable bonds is 2. The number of ether oxygens (including phenoxy) is 2. The summed E-state index contributed by atoms with van der Waals surface area (Å²) in [6.07, 6.45) is 4.90. The number of amides is 1. The molecule has 0 bridgehead atoms. The zero-order chi connectivity index (χ0) is 15.6. The first kappa shape index (κ1) is 15.3. The van der Waals surface area contributed by atoms with Crippen LogP contribution in [0.15, 0.2) is 30.3 Å². The second-order valence-corrected chi connectivity index (χ2v) is 6.27. The van der Waals surface area contributed by atoms with E-state index in [2.05, 4.69) is 19.1 Å². The number of benzene rings is 1. The van der Waals surface area contributed by atoms with Crippen LogP contribution in [0.4, 0.5) is 4.79 Å². The Morgan fingerprint density at radius 2 is 1.95 bits per heavy atom. The molecule has 0 N–H and O–H groups in total. The maximum Gasteiger partial charge on any atom is 0.412 e. The van der Waals surface area contributed by atoms with E-state index in [0.29, 0.717) is 6.61 Å². The molecule has 0 radical (unpaired) electrons. The molecule has 2 aliphatic rings. The molecule has 1 aromatic rings. The average molecular weight is 303 g/mol. The van der Waals surface area contributed by atoms with Gasteiger partial charge in [-0.15, -0.1) is 0 Å². The highest BCUT2D eigenvalue weighted by Crippen LogP contribution is 2.48. The third-order valence-corrected chi connectivity index (χ3v) is 4.86. The second-order valence-electron chi connectivity index (χ2n) is 6.27. The molecular weight excluding hydrogens is 278 g/mol. The van der Waals surface area contributed by atoms with Crippen molar-refractivity contribution in [2.24, 2.45) is 0 Å². The predicted octanol–water partition coefficient (Wildman–Crippen LogP) is 4.27. The Balaban J connectivity index is 1.92. The Kier molecular flexibility index (Phi) is 4.39. The van der Waals surface area contributed by atoms with Gasteiger partial charge in [-0.05, 0) is 45.1 Å². The van der Waals surface area contributed by atoms with Crippen molar-refractivity contribution in [3.8, 4) is 0 Å². The molecule has 0 aromatic heterocycles. The van der Waals surface area contributed by atoms with Crippen molar-refractivity contribution >= 4 is 6.09 Å². The molecule has 3 rings (SSSR count). The zero-order valence-electron chi connectivity index (χ0n) is 13.5. The third kappa shape index (κ3) is 2.60. The molecular formula is C18H25NO3. The summed E-state index contributed by atoms with van der Waals surface area (Å²) in [4.78, 5) is 14.4. The maximum absolute atomic E-state index is 12.5. The lowest BCUT2D eigenvalue weighted by molar-refractivity contribution is -0.120. The van der Waals surface area contributed by atoms with Gasteiger partial charge in [0.15, 0.2) is 0 Å².